The molecule has 6 heteroatoms. The first-order chi connectivity index (χ1) is 9.29. The SMILES string of the molecule is CC(=O)c1ccc(-c2ccc(C(F)(F)F)nc2)cc1F. The molecular weight excluding hydrogens is 274 g/mol. The molecular formula is C14H9F4NO. The van der Waals surface area contributed by atoms with Crippen LogP contribution in [-0.2, 0) is 6.18 Å². The van der Waals surface area contributed by atoms with Gasteiger partial charge in [0, 0.05) is 11.8 Å². The summed E-state index contributed by atoms with van der Waals surface area (Å²) >= 11 is 0. The number of carbonyl (C=O) groups is 1. The number of ketones is 1. The standard InChI is InChI=1S/C14H9F4NO/c1-8(20)11-4-2-9(6-12(11)15)10-3-5-13(19-7-10)14(16,17)18/h2-7H,1H3. The maximum Gasteiger partial charge on any atom is 0.433 e. The predicted octanol–water partition coefficient (Wildman–Crippen LogP) is 4.11. The summed E-state index contributed by atoms with van der Waals surface area (Å²) in [6.45, 7) is 1.23. The van der Waals surface area contributed by atoms with Crippen molar-refractivity contribution in [2.24, 2.45) is 0 Å². The third-order valence-corrected chi connectivity index (χ3v) is 2.74. The van der Waals surface area contributed by atoms with Gasteiger partial charge in [0.05, 0.1) is 5.56 Å². The van der Waals surface area contributed by atoms with Crippen molar-refractivity contribution >= 4 is 5.78 Å². The average molecular weight is 283 g/mol. The highest BCUT2D eigenvalue weighted by Gasteiger charge is 2.32. The molecule has 0 spiro atoms. The molecule has 2 nitrogen and oxygen atoms in total. The van der Waals surface area contributed by atoms with Crippen molar-refractivity contribution in [1.82, 2.24) is 4.98 Å². The van der Waals surface area contributed by atoms with E-state index in [9.17, 15) is 22.4 Å². The Balaban J connectivity index is 2.37. The molecule has 2 aromatic rings. The Kier molecular flexibility index (Phi) is 3.57. The van der Waals surface area contributed by atoms with E-state index in [1.807, 2.05) is 0 Å². The van der Waals surface area contributed by atoms with Crippen molar-refractivity contribution in [2.75, 3.05) is 0 Å². The Hall–Kier alpha value is -2.24. The average Bonchev–Trinajstić information content (AvgIpc) is 2.37. The molecule has 0 unspecified atom stereocenters. The smallest absolute Gasteiger partial charge is 0.294 e. The van der Waals surface area contributed by atoms with Crippen LogP contribution in [0.25, 0.3) is 11.1 Å². The van der Waals surface area contributed by atoms with Gasteiger partial charge >= 0.3 is 6.18 Å². The fraction of sp³-hybridized carbons (Fsp3) is 0.143. The van der Waals surface area contributed by atoms with Crippen LogP contribution in [0.15, 0.2) is 36.5 Å². The van der Waals surface area contributed by atoms with Crippen LogP contribution in [0.3, 0.4) is 0 Å². The molecule has 1 heterocycles. The fourth-order valence-corrected chi connectivity index (χ4v) is 1.71. The first-order valence-electron chi connectivity index (χ1n) is 5.63. The Morgan fingerprint density at radius 2 is 1.75 bits per heavy atom. The number of nitrogens with zero attached hydrogens (tertiary/aromatic N) is 1. The van der Waals surface area contributed by atoms with Gasteiger partial charge in [-0.3, -0.25) is 9.78 Å². The van der Waals surface area contributed by atoms with Gasteiger partial charge < -0.3 is 0 Å². The molecule has 0 amide bonds. The molecule has 0 atom stereocenters. The van der Waals surface area contributed by atoms with Gasteiger partial charge in [0.15, 0.2) is 5.78 Å². The number of hydrogen-bond acceptors (Lipinski definition) is 2. The predicted molar refractivity (Wildman–Crippen MR) is 64.6 cm³/mol. The summed E-state index contributed by atoms with van der Waals surface area (Å²) in [5, 5.41) is 0. The van der Waals surface area contributed by atoms with Crippen LogP contribution in [-0.4, -0.2) is 10.8 Å². The maximum atomic E-state index is 13.6. The van der Waals surface area contributed by atoms with Gasteiger partial charge in [-0.15, -0.1) is 0 Å². The van der Waals surface area contributed by atoms with Crippen LogP contribution >= 0.6 is 0 Å². The van der Waals surface area contributed by atoms with Crippen LogP contribution in [0.4, 0.5) is 17.6 Å². The van der Waals surface area contributed by atoms with Crippen molar-refractivity contribution in [3.05, 3.63) is 53.6 Å². The molecule has 2 rings (SSSR count). The van der Waals surface area contributed by atoms with Gasteiger partial charge in [-0.1, -0.05) is 12.1 Å². The molecule has 1 aromatic heterocycles. The second kappa shape index (κ2) is 5.03. The number of halogens is 4. The van der Waals surface area contributed by atoms with Crippen molar-refractivity contribution < 1.29 is 22.4 Å². The Bertz CT molecular complexity index is 647. The van der Waals surface area contributed by atoms with Gasteiger partial charge in [0.25, 0.3) is 0 Å². The zero-order chi connectivity index (χ0) is 14.9. The lowest BCUT2D eigenvalue weighted by atomic mass is 10.0. The van der Waals surface area contributed by atoms with Crippen molar-refractivity contribution in [3.8, 4) is 11.1 Å². The lowest BCUT2D eigenvalue weighted by molar-refractivity contribution is -0.141. The summed E-state index contributed by atoms with van der Waals surface area (Å²) in [5.74, 6) is -1.13. The second-order valence-corrected chi connectivity index (χ2v) is 4.18. The van der Waals surface area contributed by atoms with Gasteiger partial charge in [-0.05, 0) is 30.7 Å². The molecule has 0 aliphatic carbocycles. The maximum absolute atomic E-state index is 13.6. The molecule has 0 radical (unpaired) electrons. The lowest BCUT2D eigenvalue weighted by Crippen LogP contribution is -2.07. The molecule has 0 bridgehead atoms. The second-order valence-electron chi connectivity index (χ2n) is 4.18. The van der Waals surface area contributed by atoms with E-state index in [-0.39, 0.29) is 5.56 Å². The molecule has 104 valence electrons. The van der Waals surface area contributed by atoms with E-state index < -0.39 is 23.5 Å². The van der Waals surface area contributed by atoms with E-state index in [1.165, 1.54) is 25.1 Å². The zero-order valence-electron chi connectivity index (χ0n) is 10.3. The van der Waals surface area contributed by atoms with Crippen LogP contribution in [0.2, 0.25) is 0 Å². The van der Waals surface area contributed by atoms with Crippen LogP contribution < -0.4 is 0 Å². The summed E-state index contributed by atoms with van der Waals surface area (Å²) in [5.41, 5.74) is -0.378. The Labute approximate surface area is 112 Å². The van der Waals surface area contributed by atoms with E-state index in [0.717, 1.165) is 18.3 Å². The minimum absolute atomic E-state index is 0.0615. The van der Waals surface area contributed by atoms with Gasteiger partial charge in [0.2, 0.25) is 0 Å². The van der Waals surface area contributed by atoms with Gasteiger partial charge in [-0.25, -0.2) is 4.39 Å². The normalized spacial score (nSPS) is 11.4. The quantitative estimate of drug-likeness (QED) is 0.613. The molecule has 0 saturated heterocycles. The molecule has 0 fully saturated rings. The van der Waals surface area contributed by atoms with E-state index in [2.05, 4.69) is 4.98 Å². The number of benzene rings is 1. The molecule has 0 N–H and O–H groups in total. The number of aromatic nitrogens is 1. The monoisotopic (exact) mass is 283 g/mol. The number of pyridine rings is 1. The first kappa shape index (κ1) is 14.2. The van der Waals surface area contributed by atoms with Gasteiger partial charge in [0.1, 0.15) is 11.5 Å². The summed E-state index contributed by atoms with van der Waals surface area (Å²) < 4.78 is 50.7. The number of alkyl halides is 3. The highest BCUT2D eigenvalue weighted by molar-refractivity contribution is 5.94. The van der Waals surface area contributed by atoms with E-state index in [1.54, 1.807) is 0 Å². The largest absolute Gasteiger partial charge is 0.433 e. The summed E-state index contributed by atoms with van der Waals surface area (Å²) in [4.78, 5) is 14.4. The Morgan fingerprint density at radius 1 is 1.10 bits per heavy atom. The minimum atomic E-state index is -4.51. The third kappa shape index (κ3) is 2.84. The van der Waals surface area contributed by atoms with Gasteiger partial charge in [-0.2, -0.15) is 13.2 Å². The summed E-state index contributed by atoms with van der Waals surface area (Å²) in [6.07, 6.45) is -3.49. The van der Waals surface area contributed by atoms with Crippen molar-refractivity contribution in [1.29, 1.82) is 0 Å². The molecule has 0 aliphatic rings. The van der Waals surface area contributed by atoms with E-state index in [0.29, 0.717) is 11.1 Å². The van der Waals surface area contributed by atoms with Crippen LogP contribution in [0, 0.1) is 5.82 Å². The highest BCUT2D eigenvalue weighted by atomic mass is 19.4. The van der Waals surface area contributed by atoms with Crippen LogP contribution in [0.1, 0.15) is 23.0 Å². The molecule has 0 aliphatic heterocycles. The number of rotatable bonds is 2. The highest BCUT2D eigenvalue weighted by Crippen LogP contribution is 2.29. The number of Topliss-reactive ketones (excluding diaryl/α,β-unsaturated/α-hetero) is 1. The first-order valence-corrected chi connectivity index (χ1v) is 5.63. The minimum Gasteiger partial charge on any atom is -0.294 e. The van der Waals surface area contributed by atoms with Crippen molar-refractivity contribution in [3.63, 3.8) is 0 Å². The van der Waals surface area contributed by atoms with E-state index in [4.69, 9.17) is 0 Å². The van der Waals surface area contributed by atoms with E-state index >= 15 is 0 Å². The molecule has 1 aromatic carbocycles. The zero-order valence-corrected chi connectivity index (χ0v) is 10.3. The number of hydrogen-bond donors (Lipinski definition) is 0. The third-order valence-electron chi connectivity index (χ3n) is 2.74. The van der Waals surface area contributed by atoms with Crippen LogP contribution in [0.5, 0.6) is 0 Å². The molecule has 0 saturated carbocycles. The lowest BCUT2D eigenvalue weighted by Gasteiger charge is -2.07. The Morgan fingerprint density at radius 3 is 2.20 bits per heavy atom. The fourth-order valence-electron chi connectivity index (χ4n) is 1.71. The summed E-state index contributed by atoms with van der Waals surface area (Å²) in [7, 11) is 0. The topological polar surface area (TPSA) is 30.0 Å². The summed E-state index contributed by atoms with van der Waals surface area (Å²) in [6, 6.07) is 5.89. The molecule has 20 heavy (non-hydrogen) atoms. The van der Waals surface area contributed by atoms with Crippen molar-refractivity contribution in [2.45, 2.75) is 13.1 Å². The number of carbonyl (C=O) groups excluding carboxylic acids is 1.